The van der Waals surface area contributed by atoms with Crippen molar-refractivity contribution in [1.29, 1.82) is 0 Å². The molecule has 0 radical (unpaired) electrons. The number of hydrogen-bond acceptors (Lipinski definition) is 2. The Labute approximate surface area is 102 Å². The van der Waals surface area contributed by atoms with Crippen molar-refractivity contribution in [2.45, 2.75) is 25.8 Å². The van der Waals surface area contributed by atoms with Crippen LogP contribution in [-0.2, 0) is 4.74 Å². The SMILES string of the molecule is CNC(c1ccc(F)c(C)c1)C1CCCOC1. The Morgan fingerprint density at radius 3 is 2.88 bits per heavy atom. The average Bonchev–Trinajstić information content (AvgIpc) is 2.36. The van der Waals surface area contributed by atoms with E-state index in [-0.39, 0.29) is 11.9 Å². The minimum atomic E-state index is -0.136. The van der Waals surface area contributed by atoms with Crippen molar-refractivity contribution in [3.8, 4) is 0 Å². The van der Waals surface area contributed by atoms with E-state index in [2.05, 4.69) is 5.32 Å². The van der Waals surface area contributed by atoms with E-state index < -0.39 is 0 Å². The van der Waals surface area contributed by atoms with Crippen molar-refractivity contribution in [3.05, 3.63) is 35.1 Å². The van der Waals surface area contributed by atoms with Crippen molar-refractivity contribution in [3.63, 3.8) is 0 Å². The average molecular weight is 237 g/mol. The molecule has 0 aliphatic carbocycles. The summed E-state index contributed by atoms with van der Waals surface area (Å²) in [4.78, 5) is 0. The molecule has 2 rings (SSSR count). The minimum absolute atomic E-state index is 0.136. The maximum absolute atomic E-state index is 13.3. The van der Waals surface area contributed by atoms with Gasteiger partial charge in [-0.15, -0.1) is 0 Å². The number of halogens is 1. The molecule has 1 N–H and O–H groups in total. The van der Waals surface area contributed by atoms with Crippen LogP contribution in [0.5, 0.6) is 0 Å². The molecule has 3 heteroatoms. The molecule has 17 heavy (non-hydrogen) atoms. The summed E-state index contributed by atoms with van der Waals surface area (Å²) in [7, 11) is 1.96. The first-order valence-electron chi connectivity index (χ1n) is 6.23. The molecule has 2 atom stereocenters. The summed E-state index contributed by atoms with van der Waals surface area (Å²) < 4.78 is 18.8. The molecule has 1 aliphatic heterocycles. The van der Waals surface area contributed by atoms with E-state index in [0.717, 1.165) is 25.2 Å². The normalized spacial score (nSPS) is 22.4. The van der Waals surface area contributed by atoms with Gasteiger partial charge >= 0.3 is 0 Å². The molecule has 1 saturated heterocycles. The first-order chi connectivity index (χ1) is 8.22. The minimum Gasteiger partial charge on any atom is -0.381 e. The van der Waals surface area contributed by atoms with Crippen LogP contribution < -0.4 is 5.32 Å². The summed E-state index contributed by atoms with van der Waals surface area (Å²) in [6, 6.07) is 5.62. The van der Waals surface area contributed by atoms with Gasteiger partial charge in [0.2, 0.25) is 0 Å². The van der Waals surface area contributed by atoms with Crippen LogP contribution in [0.15, 0.2) is 18.2 Å². The van der Waals surface area contributed by atoms with Gasteiger partial charge in [0.05, 0.1) is 6.61 Å². The van der Waals surface area contributed by atoms with E-state index in [4.69, 9.17) is 4.74 Å². The van der Waals surface area contributed by atoms with Crippen LogP contribution in [0.25, 0.3) is 0 Å². The Hall–Kier alpha value is -0.930. The summed E-state index contributed by atoms with van der Waals surface area (Å²) in [5.74, 6) is 0.349. The molecule has 0 aromatic heterocycles. The third-order valence-electron chi connectivity index (χ3n) is 3.52. The largest absolute Gasteiger partial charge is 0.381 e. The van der Waals surface area contributed by atoms with Crippen molar-refractivity contribution in [2.75, 3.05) is 20.3 Å². The lowest BCUT2D eigenvalue weighted by atomic mass is 9.88. The van der Waals surface area contributed by atoms with E-state index in [1.54, 1.807) is 6.07 Å². The summed E-state index contributed by atoms with van der Waals surface area (Å²) in [6.45, 7) is 3.47. The Kier molecular flexibility index (Phi) is 4.13. The van der Waals surface area contributed by atoms with Crippen LogP contribution in [-0.4, -0.2) is 20.3 Å². The monoisotopic (exact) mass is 237 g/mol. The van der Waals surface area contributed by atoms with Gasteiger partial charge in [-0.3, -0.25) is 0 Å². The van der Waals surface area contributed by atoms with Gasteiger partial charge in [-0.25, -0.2) is 4.39 Å². The van der Waals surface area contributed by atoms with Gasteiger partial charge in [-0.2, -0.15) is 0 Å². The molecule has 1 aliphatic rings. The molecule has 0 bridgehead atoms. The second kappa shape index (κ2) is 5.61. The molecular weight excluding hydrogens is 217 g/mol. The quantitative estimate of drug-likeness (QED) is 0.872. The zero-order valence-corrected chi connectivity index (χ0v) is 10.5. The first-order valence-corrected chi connectivity index (χ1v) is 6.23. The van der Waals surface area contributed by atoms with Crippen LogP contribution in [0.1, 0.15) is 30.0 Å². The summed E-state index contributed by atoms with van der Waals surface area (Å²) in [5, 5.41) is 3.33. The van der Waals surface area contributed by atoms with Gasteiger partial charge in [-0.05, 0) is 44.0 Å². The van der Waals surface area contributed by atoms with E-state index in [9.17, 15) is 4.39 Å². The van der Waals surface area contributed by atoms with Crippen LogP contribution in [0.4, 0.5) is 4.39 Å². The maximum atomic E-state index is 13.3. The highest BCUT2D eigenvalue weighted by Gasteiger charge is 2.24. The van der Waals surface area contributed by atoms with Crippen LogP contribution in [0, 0.1) is 18.7 Å². The number of benzene rings is 1. The summed E-state index contributed by atoms with van der Waals surface area (Å²) in [5.41, 5.74) is 1.86. The predicted molar refractivity (Wildman–Crippen MR) is 66.5 cm³/mol. The lowest BCUT2D eigenvalue weighted by molar-refractivity contribution is 0.0402. The van der Waals surface area contributed by atoms with Gasteiger partial charge < -0.3 is 10.1 Å². The fourth-order valence-corrected chi connectivity index (χ4v) is 2.56. The van der Waals surface area contributed by atoms with Crippen molar-refractivity contribution in [2.24, 2.45) is 5.92 Å². The second-order valence-electron chi connectivity index (χ2n) is 4.75. The second-order valence-corrected chi connectivity index (χ2v) is 4.75. The van der Waals surface area contributed by atoms with E-state index in [1.165, 1.54) is 6.42 Å². The Morgan fingerprint density at radius 2 is 2.29 bits per heavy atom. The maximum Gasteiger partial charge on any atom is 0.126 e. The number of nitrogens with one attached hydrogen (secondary N) is 1. The number of ether oxygens (including phenoxy) is 1. The summed E-state index contributed by atoms with van der Waals surface area (Å²) in [6.07, 6.45) is 2.28. The van der Waals surface area contributed by atoms with Gasteiger partial charge in [0.25, 0.3) is 0 Å². The fraction of sp³-hybridized carbons (Fsp3) is 0.571. The topological polar surface area (TPSA) is 21.3 Å². The molecule has 2 unspecified atom stereocenters. The smallest absolute Gasteiger partial charge is 0.126 e. The van der Waals surface area contributed by atoms with Crippen LogP contribution >= 0.6 is 0 Å². The first kappa shape index (κ1) is 12.5. The van der Waals surface area contributed by atoms with E-state index in [1.807, 2.05) is 26.1 Å². The Bertz CT molecular complexity index is 374. The zero-order chi connectivity index (χ0) is 12.3. The molecule has 1 aromatic carbocycles. The highest BCUT2D eigenvalue weighted by atomic mass is 19.1. The highest BCUT2D eigenvalue weighted by molar-refractivity contribution is 5.27. The van der Waals surface area contributed by atoms with Crippen molar-refractivity contribution >= 4 is 0 Å². The molecule has 2 nitrogen and oxygen atoms in total. The zero-order valence-electron chi connectivity index (χ0n) is 10.5. The Morgan fingerprint density at radius 1 is 1.47 bits per heavy atom. The number of rotatable bonds is 3. The van der Waals surface area contributed by atoms with Gasteiger partial charge in [-0.1, -0.05) is 12.1 Å². The number of hydrogen-bond donors (Lipinski definition) is 1. The standard InChI is InChI=1S/C14H20FNO/c1-10-8-11(5-6-13(10)15)14(16-2)12-4-3-7-17-9-12/h5-6,8,12,14,16H,3-4,7,9H2,1-2H3. The third-order valence-corrected chi connectivity index (χ3v) is 3.52. The van der Waals surface area contributed by atoms with Crippen LogP contribution in [0.3, 0.4) is 0 Å². The predicted octanol–water partition coefficient (Wildman–Crippen LogP) is 2.82. The molecule has 1 heterocycles. The van der Waals surface area contributed by atoms with Gasteiger partial charge in [0.15, 0.2) is 0 Å². The molecule has 1 aromatic rings. The fourth-order valence-electron chi connectivity index (χ4n) is 2.56. The van der Waals surface area contributed by atoms with Crippen molar-refractivity contribution < 1.29 is 9.13 Å². The molecule has 94 valence electrons. The van der Waals surface area contributed by atoms with Gasteiger partial charge in [0.1, 0.15) is 5.82 Å². The Balaban J connectivity index is 2.18. The molecule has 1 fully saturated rings. The molecule has 0 spiro atoms. The lowest BCUT2D eigenvalue weighted by Crippen LogP contribution is -2.31. The van der Waals surface area contributed by atoms with Crippen LogP contribution in [0.2, 0.25) is 0 Å². The third kappa shape index (κ3) is 2.85. The molecule has 0 saturated carbocycles. The lowest BCUT2D eigenvalue weighted by Gasteiger charge is -2.30. The van der Waals surface area contributed by atoms with Crippen molar-refractivity contribution in [1.82, 2.24) is 5.32 Å². The van der Waals surface area contributed by atoms with E-state index >= 15 is 0 Å². The van der Waals surface area contributed by atoms with Gasteiger partial charge in [0, 0.05) is 18.6 Å². The molecule has 0 amide bonds. The molecular formula is C14H20FNO. The van der Waals surface area contributed by atoms with E-state index in [0.29, 0.717) is 11.5 Å². The highest BCUT2D eigenvalue weighted by Crippen LogP contribution is 2.29. The summed E-state index contributed by atoms with van der Waals surface area (Å²) >= 11 is 0. The number of aryl methyl sites for hydroxylation is 1.